The number of hydrogen-bond acceptors (Lipinski definition) is 6. The lowest BCUT2D eigenvalue weighted by Gasteiger charge is -2.14. The number of fused-ring (bicyclic) bond motifs is 1. The number of hydrogen-bond donors (Lipinski definition) is 3. The third-order valence-electron chi connectivity index (χ3n) is 6.53. The number of rotatable bonds is 6. The van der Waals surface area contributed by atoms with Crippen molar-refractivity contribution >= 4 is 28.3 Å². The molecule has 214 valence electrons. The minimum Gasteiger partial charge on any atom is -0.381 e. The second-order valence-corrected chi connectivity index (χ2v) is 9.66. The molecule has 0 fully saturated rings. The van der Waals surface area contributed by atoms with Crippen molar-refractivity contribution in [2.75, 3.05) is 17.6 Å². The number of anilines is 2. The Kier molecular flexibility index (Phi) is 8.93. The lowest BCUT2D eigenvalue weighted by Crippen LogP contribution is -2.22. The molecule has 5 rings (SSSR count). The zero-order valence-corrected chi connectivity index (χ0v) is 24.2. The molecule has 2 aromatic carbocycles. The first-order valence-corrected chi connectivity index (χ1v) is 13.4. The van der Waals surface area contributed by atoms with Gasteiger partial charge in [0.1, 0.15) is 11.4 Å². The molecule has 42 heavy (non-hydrogen) atoms. The fourth-order valence-corrected chi connectivity index (χ4v) is 4.61. The van der Waals surface area contributed by atoms with E-state index < -0.39 is 5.91 Å². The Hall–Kier alpha value is -5.56. The van der Waals surface area contributed by atoms with Crippen molar-refractivity contribution in [2.24, 2.45) is 19.8 Å². The van der Waals surface area contributed by atoms with Gasteiger partial charge < -0.3 is 16.8 Å². The SMILES string of the molecule is C=CCNc1c(C(N)=O)c(N)nn1C.CCc1cc2cccc(C#Cc3cnn(C)c3)c2c(=O)n1-c1cccc(C)c1. The van der Waals surface area contributed by atoms with Crippen LogP contribution in [0, 0.1) is 18.8 Å². The summed E-state index contributed by atoms with van der Waals surface area (Å²) in [7, 11) is 3.53. The molecule has 0 spiro atoms. The predicted octanol–water partition coefficient (Wildman–Crippen LogP) is 3.69. The maximum absolute atomic E-state index is 13.5. The number of aromatic nitrogens is 5. The van der Waals surface area contributed by atoms with Crippen LogP contribution in [0.15, 0.2) is 78.4 Å². The summed E-state index contributed by atoms with van der Waals surface area (Å²) in [5.41, 5.74) is 15.4. The predicted molar refractivity (Wildman–Crippen MR) is 168 cm³/mol. The van der Waals surface area contributed by atoms with Crippen molar-refractivity contribution in [1.29, 1.82) is 0 Å². The van der Waals surface area contributed by atoms with Gasteiger partial charge in [0, 0.05) is 43.8 Å². The van der Waals surface area contributed by atoms with Gasteiger partial charge in [-0.15, -0.1) is 6.58 Å². The molecule has 5 aromatic rings. The summed E-state index contributed by atoms with van der Waals surface area (Å²) in [4.78, 5) is 24.6. The molecule has 0 aliphatic heterocycles. The highest BCUT2D eigenvalue weighted by Crippen LogP contribution is 2.21. The molecule has 0 radical (unpaired) electrons. The molecule has 0 unspecified atom stereocenters. The molecular formula is C32H34N8O2. The minimum atomic E-state index is -0.595. The van der Waals surface area contributed by atoms with E-state index in [1.54, 1.807) is 24.0 Å². The molecule has 0 aliphatic rings. The Balaban J connectivity index is 0.000000244. The van der Waals surface area contributed by atoms with E-state index in [0.717, 1.165) is 39.9 Å². The van der Waals surface area contributed by atoms with E-state index in [1.807, 2.05) is 67.2 Å². The van der Waals surface area contributed by atoms with Crippen LogP contribution in [0.1, 0.15) is 39.7 Å². The van der Waals surface area contributed by atoms with Crippen LogP contribution in [0.25, 0.3) is 16.5 Å². The van der Waals surface area contributed by atoms with E-state index in [1.165, 1.54) is 4.68 Å². The van der Waals surface area contributed by atoms with Crippen LogP contribution in [0.3, 0.4) is 0 Å². The van der Waals surface area contributed by atoms with E-state index in [9.17, 15) is 9.59 Å². The van der Waals surface area contributed by atoms with Gasteiger partial charge in [-0.25, -0.2) is 0 Å². The van der Waals surface area contributed by atoms with E-state index >= 15 is 0 Å². The fourth-order valence-electron chi connectivity index (χ4n) is 4.61. The largest absolute Gasteiger partial charge is 0.381 e. The number of nitrogen functional groups attached to an aromatic ring is 1. The number of nitrogens with one attached hydrogen (secondary N) is 1. The van der Waals surface area contributed by atoms with Crippen LogP contribution < -0.4 is 22.3 Å². The van der Waals surface area contributed by atoms with Gasteiger partial charge in [-0.2, -0.15) is 10.2 Å². The van der Waals surface area contributed by atoms with E-state index in [-0.39, 0.29) is 16.9 Å². The van der Waals surface area contributed by atoms with Crippen LogP contribution in [0.2, 0.25) is 0 Å². The first kappa shape index (κ1) is 29.4. The molecule has 10 nitrogen and oxygen atoms in total. The van der Waals surface area contributed by atoms with Gasteiger partial charge in [0.25, 0.3) is 11.5 Å². The smallest absolute Gasteiger partial charge is 0.264 e. The Morgan fingerprint density at radius 2 is 1.90 bits per heavy atom. The normalized spacial score (nSPS) is 10.4. The Morgan fingerprint density at radius 3 is 2.55 bits per heavy atom. The standard InChI is InChI=1S/C24H21N3O.C8H13N5O/c1-4-21-14-20-9-6-8-19(12-11-18-15-25-26(3)16-18)23(20)24(28)27(21)22-10-5-7-17(2)13-22;1-3-4-11-8-5(7(10)14)6(9)12-13(8)2/h5-10,13-16H,4H2,1-3H3;3,11H,1,4H2,2H3,(H2,9,12)(H2,10,14). The molecule has 0 bridgehead atoms. The number of nitrogens with zero attached hydrogens (tertiary/aromatic N) is 5. The Labute approximate surface area is 244 Å². The number of carbonyl (C=O) groups excluding carboxylic acids is 1. The molecule has 1 amide bonds. The number of benzene rings is 2. The number of pyridine rings is 1. The van der Waals surface area contributed by atoms with E-state index in [0.29, 0.717) is 17.7 Å². The summed E-state index contributed by atoms with van der Waals surface area (Å²) in [6.07, 6.45) is 6.01. The monoisotopic (exact) mass is 562 g/mol. The van der Waals surface area contributed by atoms with Crippen molar-refractivity contribution in [3.8, 4) is 17.5 Å². The molecule has 5 N–H and O–H groups in total. The molecule has 10 heteroatoms. The summed E-state index contributed by atoms with van der Waals surface area (Å²) in [6, 6.07) is 15.9. The van der Waals surface area contributed by atoms with Crippen molar-refractivity contribution in [3.63, 3.8) is 0 Å². The quantitative estimate of drug-likeness (QED) is 0.213. The van der Waals surface area contributed by atoms with Gasteiger partial charge in [-0.3, -0.25) is 23.5 Å². The van der Waals surface area contributed by atoms with Gasteiger partial charge in [0.05, 0.1) is 17.1 Å². The molecule has 0 aliphatic carbocycles. The number of nitrogens with two attached hydrogens (primary N) is 2. The Morgan fingerprint density at radius 1 is 1.14 bits per heavy atom. The summed E-state index contributed by atoms with van der Waals surface area (Å²) in [5, 5.41) is 12.5. The van der Waals surface area contributed by atoms with Crippen LogP contribution in [0.5, 0.6) is 0 Å². The van der Waals surface area contributed by atoms with Crippen LogP contribution >= 0.6 is 0 Å². The third-order valence-corrected chi connectivity index (χ3v) is 6.53. The lowest BCUT2D eigenvalue weighted by atomic mass is 10.0. The van der Waals surface area contributed by atoms with E-state index in [4.69, 9.17) is 11.5 Å². The molecular weight excluding hydrogens is 528 g/mol. The van der Waals surface area contributed by atoms with Crippen molar-refractivity contribution in [1.82, 2.24) is 24.1 Å². The van der Waals surface area contributed by atoms with Crippen molar-refractivity contribution < 1.29 is 4.79 Å². The first-order valence-electron chi connectivity index (χ1n) is 13.4. The van der Waals surface area contributed by atoms with Crippen LogP contribution in [0.4, 0.5) is 11.6 Å². The second-order valence-electron chi connectivity index (χ2n) is 9.66. The van der Waals surface area contributed by atoms with Gasteiger partial charge >= 0.3 is 0 Å². The number of aryl methyl sites for hydroxylation is 4. The zero-order valence-electron chi connectivity index (χ0n) is 24.2. The third kappa shape index (κ3) is 6.26. The molecule has 3 aromatic heterocycles. The highest BCUT2D eigenvalue weighted by atomic mass is 16.1. The maximum atomic E-state index is 13.5. The average molecular weight is 563 g/mol. The van der Waals surface area contributed by atoms with Gasteiger partial charge in [0.15, 0.2) is 5.82 Å². The first-order chi connectivity index (χ1) is 20.1. The summed E-state index contributed by atoms with van der Waals surface area (Å²) >= 11 is 0. The summed E-state index contributed by atoms with van der Waals surface area (Å²) in [5.74, 6) is 6.33. The second kappa shape index (κ2) is 12.7. The number of primary amides is 1. The highest BCUT2D eigenvalue weighted by Gasteiger charge is 2.18. The number of amides is 1. The summed E-state index contributed by atoms with van der Waals surface area (Å²) in [6.45, 7) is 8.16. The van der Waals surface area contributed by atoms with Gasteiger partial charge in [-0.05, 0) is 48.6 Å². The van der Waals surface area contributed by atoms with Gasteiger partial charge in [0.2, 0.25) is 0 Å². The average Bonchev–Trinajstić information content (AvgIpc) is 3.51. The van der Waals surface area contributed by atoms with E-state index in [2.05, 4.69) is 46.9 Å². The highest BCUT2D eigenvalue weighted by molar-refractivity contribution is 6.02. The van der Waals surface area contributed by atoms with Crippen molar-refractivity contribution in [2.45, 2.75) is 20.3 Å². The summed E-state index contributed by atoms with van der Waals surface area (Å²) < 4.78 is 4.99. The number of carbonyl (C=O) groups is 1. The minimum absolute atomic E-state index is 0.0314. The maximum Gasteiger partial charge on any atom is 0.264 e. The zero-order chi connectivity index (χ0) is 30.4. The Bertz CT molecular complexity index is 1900. The lowest BCUT2D eigenvalue weighted by molar-refractivity contribution is 0.100. The van der Waals surface area contributed by atoms with Crippen LogP contribution in [-0.2, 0) is 20.5 Å². The van der Waals surface area contributed by atoms with Gasteiger partial charge in [-0.1, -0.05) is 49.1 Å². The molecule has 0 saturated carbocycles. The fraction of sp³-hybridized carbons (Fsp3) is 0.188. The van der Waals surface area contributed by atoms with Crippen molar-refractivity contribution in [3.05, 3.63) is 112 Å². The topological polar surface area (TPSA) is 139 Å². The molecule has 3 heterocycles. The van der Waals surface area contributed by atoms with Crippen LogP contribution in [-0.4, -0.2) is 36.6 Å². The molecule has 0 atom stereocenters. The molecule has 0 saturated heterocycles.